The maximum Gasteiger partial charge on any atom is 0.235 e. The van der Waals surface area contributed by atoms with Crippen LogP contribution in [0.25, 0.3) is 15.5 Å². The van der Waals surface area contributed by atoms with E-state index in [4.69, 9.17) is 0 Å². The van der Waals surface area contributed by atoms with Gasteiger partial charge in [-0.15, -0.1) is 10.2 Å². The number of aromatic hydroxyl groups is 1. The third-order valence-corrected chi connectivity index (χ3v) is 3.98. The number of phenols is 1. The lowest BCUT2D eigenvalue weighted by Gasteiger charge is -2.13. The Morgan fingerprint density at radius 3 is 2.65 bits per heavy atom. The lowest BCUT2D eigenvalue weighted by Crippen LogP contribution is -2.16. The number of phenolic OH excluding ortho intramolecular Hbond substituents is 1. The van der Waals surface area contributed by atoms with Crippen molar-refractivity contribution in [3.63, 3.8) is 0 Å². The maximum atomic E-state index is 10.0. The number of rotatable bonds is 1. The molecule has 3 rings (SSSR count). The first-order valence-corrected chi connectivity index (χ1v) is 7.20. The smallest absolute Gasteiger partial charge is 0.235 e. The van der Waals surface area contributed by atoms with Gasteiger partial charge in [0.05, 0.1) is 5.56 Å². The number of fused-ring (bicyclic) bond motifs is 1. The third kappa shape index (κ3) is 2.06. The Balaban J connectivity index is 2.19. The third-order valence-electron chi connectivity index (χ3n) is 3.04. The fourth-order valence-electron chi connectivity index (χ4n) is 2.01. The molecule has 0 aliphatic heterocycles. The molecule has 0 radical (unpaired) electrons. The molecule has 2 heterocycles. The highest BCUT2D eigenvalue weighted by atomic mass is 32.1. The molecule has 20 heavy (non-hydrogen) atoms. The van der Waals surface area contributed by atoms with Crippen LogP contribution in [-0.4, -0.2) is 24.9 Å². The topological polar surface area (TPSA) is 63.3 Å². The number of aromatic nitrogens is 4. The van der Waals surface area contributed by atoms with Crippen molar-refractivity contribution in [3.8, 4) is 16.3 Å². The van der Waals surface area contributed by atoms with Crippen LogP contribution in [0.15, 0.2) is 18.2 Å². The van der Waals surface area contributed by atoms with Crippen molar-refractivity contribution < 1.29 is 5.11 Å². The lowest BCUT2D eigenvalue weighted by molar-refractivity contribution is 0.477. The van der Waals surface area contributed by atoms with Crippen LogP contribution in [0.5, 0.6) is 5.75 Å². The highest BCUT2D eigenvalue weighted by molar-refractivity contribution is 7.19. The number of hydrogen-bond donors (Lipinski definition) is 1. The molecule has 6 heteroatoms. The minimum absolute atomic E-state index is 0.126. The molecule has 0 spiro atoms. The van der Waals surface area contributed by atoms with E-state index in [2.05, 4.69) is 36.1 Å². The van der Waals surface area contributed by atoms with Gasteiger partial charge in [-0.3, -0.25) is 0 Å². The fourth-order valence-corrected chi connectivity index (χ4v) is 2.88. The fraction of sp³-hybridized carbons (Fsp3) is 0.357. The van der Waals surface area contributed by atoms with Gasteiger partial charge in [0.15, 0.2) is 10.8 Å². The monoisotopic (exact) mass is 288 g/mol. The van der Waals surface area contributed by atoms with Gasteiger partial charge >= 0.3 is 0 Å². The molecule has 0 fully saturated rings. The van der Waals surface area contributed by atoms with Gasteiger partial charge in [-0.25, -0.2) is 0 Å². The van der Waals surface area contributed by atoms with E-state index in [1.165, 1.54) is 11.3 Å². The van der Waals surface area contributed by atoms with E-state index in [9.17, 15) is 5.11 Å². The summed E-state index contributed by atoms with van der Waals surface area (Å²) >= 11 is 1.43. The van der Waals surface area contributed by atoms with Crippen molar-refractivity contribution >= 4 is 16.3 Å². The number of aryl methyl sites for hydroxylation is 1. The van der Waals surface area contributed by atoms with Crippen LogP contribution in [0.3, 0.4) is 0 Å². The molecule has 0 aliphatic rings. The second-order valence-electron chi connectivity index (χ2n) is 5.90. The van der Waals surface area contributed by atoms with Gasteiger partial charge in [0, 0.05) is 5.41 Å². The Morgan fingerprint density at radius 1 is 1.20 bits per heavy atom. The minimum Gasteiger partial charge on any atom is -0.507 e. The highest BCUT2D eigenvalue weighted by Crippen LogP contribution is 2.34. The summed E-state index contributed by atoms with van der Waals surface area (Å²) in [5.74, 6) is 1.06. The Bertz CT molecular complexity index is 782. The average molecular weight is 288 g/mol. The molecular formula is C14H16N4OS. The molecule has 0 saturated carbocycles. The van der Waals surface area contributed by atoms with Gasteiger partial charge in [-0.2, -0.15) is 9.61 Å². The zero-order valence-corrected chi connectivity index (χ0v) is 12.7. The standard InChI is InChI=1S/C14H16N4OS/c1-8-5-6-10(19)9(7-8)11-17-18-12(14(2,3)4)15-16-13(18)20-11/h5-7,19H,1-4H3. The van der Waals surface area contributed by atoms with Crippen LogP contribution in [0.4, 0.5) is 0 Å². The summed E-state index contributed by atoms with van der Waals surface area (Å²) in [6.45, 7) is 8.22. The van der Waals surface area contributed by atoms with Crippen LogP contribution >= 0.6 is 11.3 Å². The summed E-state index contributed by atoms with van der Waals surface area (Å²) in [6, 6.07) is 5.50. The molecular weight excluding hydrogens is 272 g/mol. The van der Waals surface area contributed by atoms with Crippen molar-refractivity contribution in [2.24, 2.45) is 0 Å². The first kappa shape index (κ1) is 13.1. The predicted molar refractivity (Wildman–Crippen MR) is 79.2 cm³/mol. The average Bonchev–Trinajstić information content (AvgIpc) is 2.89. The summed E-state index contributed by atoms with van der Waals surface area (Å²) in [7, 11) is 0. The molecule has 0 amide bonds. The Labute approximate surface area is 120 Å². The molecule has 3 aromatic rings. The largest absolute Gasteiger partial charge is 0.507 e. The van der Waals surface area contributed by atoms with Gasteiger partial charge in [-0.1, -0.05) is 43.7 Å². The maximum absolute atomic E-state index is 10.0. The molecule has 2 aromatic heterocycles. The summed E-state index contributed by atoms with van der Waals surface area (Å²) in [6.07, 6.45) is 0. The van der Waals surface area contributed by atoms with Crippen LogP contribution in [0.2, 0.25) is 0 Å². The predicted octanol–water partition coefficient (Wildman–Crippen LogP) is 3.16. The van der Waals surface area contributed by atoms with E-state index >= 15 is 0 Å². The second-order valence-corrected chi connectivity index (χ2v) is 6.85. The Morgan fingerprint density at radius 2 is 1.95 bits per heavy atom. The molecule has 5 nitrogen and oxygen atoms in total. The molecule has 0 saturated heterocycles. The first-order chi connectivity index (χ1) is 9.36. The summed E-state index contributed by atoms with van der Waals surface area (Å²) in [5.41, 5.74) is 1.69. The quantitative estimate of drug-likeness (QED) is 0.747. The van der Waals surface area contributed by atoms with Crippen molar-refractivity contribution in [2.75, 3.05) is 0 Å². The first-order valence-electron chi connectivity index (χ1n) is 6.39. The number of nitrogens with zero attached hydrogens (tertiary/aromatic N) is 4. The Hall–Kier alpha value is -1.95. The van der Waals surface area contributed by atoms with Crippen LogP contribution in [0.1, 0.15) is 32.2 Å². The second kappa shape index (κ2) is 4.28. The van der Waals surface area contributed by atoms with Crippen LogP contribution < -0.4 is 0 Å². The molecule has 0 aliphatic carbocycles. The molecule has 104 valence electrons. The molecule has 0 atom stereocenters. The van der Waals surface area contributed by atoms with E-state index in [-0.39, 0.29) is 11.2 Å². The van der Waals surface area contributed by atoms with Gasteiger partial charge in [0.25, 0.3) is 0 Å². The summed E-state index contributed by atoms with van der Waals surface area (Å²) < 4.78 is 1.77. The van der Waals surface area contributed by atoms with Gasteiger partial charge in [0.1, 0.15) is 5.75 Å². The van der Waals surface area contributed by atoms with E-state index in [0.717, 1.165) is 26.9 Å². The van der Waals surface area contributed by atoms with Gasteiger partial charge < -0.3 is 5.11 Å². The number of benzene rings is 1. The normalized spacial score (nSPS) is 12.2. The zero-order chi connectivity index (χ0) is 14.5. The Kier molecular flexibility index (Phi) is 2.79. The highest BCUT2D eigenvalue weighted by Gasteiger charge is 2.24. The van der Waals surface area contributed by atoms with Crippen molar-refractivity contribution in [3.05, 3.63) is 29.6 Å². The summed E-state index contributed by atoms with van der Waals surface area (Å²) in [4.78, 5) is 0.742. The molecule has 0 unspecified atom stereocenters. The molecule has 0 bridgehead atoms. The van der Waals surface area contributed by atoms with Gasteiger partial charge in [0.2, 0.25) is 4.96 Å². The van der Waals surface area contributed by atoms with Gasteiger partial charge in [-0.05, 0) is 19.1 Å². The van der Waals surface area contributed by atoms with Crippen molar-refractivity contribution in [2.45, 2.75) is 33.1 Å². The van der Waals surface area contributed by atoms with Crippen molar-refractivity contribution in [1.82, 2.24) is 19.8 Å². The lowest BCUT2D eigenvalue weighted by atomic mass is 9.96. The van der Waals surface area contributed by atoms with E-state index in [0.29, 0.717) is 0 Å². The molecule has 1 aromatic carbocycles. The molecule has 1 N–H and O–H groups in total. The minimum atomic E-state index is -0.126. The van der Waals surface area contributed by atoms with Crippen molar-refractivity contribution in [1.29, 1.82) is 0 Å². The summed E-state index contributed by atoms with van der Waals surface area (Å²) in [5, 5.41) is 23.7. The van der Waals surface area contributed by atoms with Crippen LogP contribution in [0, 0.1) is 6.92 Å². The zero-order valence-electron chi connectivity index (χ0n) is 11.9. The van der Waals surface area contributed by atoms with E-state index < -0.39 is 0 Å². The number of hydrogen-bond acceptors (Lipinski definition) is 5. The SMILES string of the molecule is Cc1ccc(O)c(-c2nn3c(C(C)(C)C)nnc3s2)c1. The van der Waals surface area contributed by atoms with E-state index in [1.54, 1.807) is 10.6 Å². The van der Waals surface area contributed by atoms with Crippen LogP contribution in [-0.2, 0) is 5.41 Å². The van der Waals surface area contributed by atoms with E-state index in [1.807, 2.05) is 19.1 Å².